The van der Waals surface area contributed by atoms with Gasteiger partial charge in [-0.15, -0.1) is 0 Å². The zero-order chi connectivity index (χ0) is 10.8. The highest BCUT2D eigenvalue weighted by molar-refractivity contribution is 7.93. The van der Waals surface area contributed by atoms with E-state index >= 15 is 0 Å². The van der Waals surface area contributed by atoms with Crippen LogP contribution in [0, 0.1) is 6.92 Å². The summed E-state index contributed by atoms with van der Waals surface area (Å²) in [5, 5.41) is 0. The van der Waals surface area contributed by atoms with Crippen molar-refractivity contribution in [2.24, 2.45) is 5.73 Å². The van der Waals surface area contributed by atoms with Crippen molar-refractivity contribution in [3.63, 3.8) is 0 Å². The fourth-order valence-electron chi connectivity index (χ4n) is 1.23. The predicted molar refractivity (Wildman–Crippen MR) is 59.1 cm³/mol. The maximum Gasteiger partial charge on any atom is 0.123 e. The zero-order valence-electron chi connectivity index (χ0n) is 9.03. The summed E-state index contributed by atoms with van der Waals surface area (Å²) in [6.45, 7) is 5.88. The Morgan fingerprint density at radius 3 is 2.64 bits per heavy atom. The predicted octanol–water partition coefficient (Wildman–Crippen LogP) is 2.66. The Labute approximate surface area is 89.2 Å². The molecule has 0 fully saturated rings. The second-order valence-electron chi connectivity index (χ2n) is 3.86. The van der Waals surface area contributed by atoms with Gasteiger partial charge >= 0.3 is 0 Å². The molecule has 0 spiro atoms. The summed E-state index contributed by atoms with van der Waals surface area (Å²) in [4.78, 5) is 0. The van der Waals surface area contributed by atoms with Gasteiger partial charge in [-0.3, -0.25) is 0 Å². The first kappa shape index (κ1) is 11.6. The molecule has 0 aliphatic rings. The van der Waals surface area contributed by atoms with Gasteiger partial charge in [-0.1, -0.05) is 0 Å². The van der Waals surface area contributed by atoms with Crippen LogP contribution in [0.15, 0.2) is 16.7 Å². The van der Waals surface area contributed by atoms with Crippen molar-refractivity contribution >= 4 is 12.0 Å². The van der Waals surface area contributed by atoms with Gasteiger partial charge in [0.1, 0.15) is 5.76 Å². The van der Waals surface area contributed by atoms with Crippen LogP contribution in [0.1, 0.15) is 31.2 Å². The molecule has 2 N–H and O–H groups in total. The highest BCUT2D eigenvalue weighted by Gasteiger charge is 2.31. The van der Waals surface area contributed by atoms with Crippen LogP contribution in [0.2, 0.25) is 0 Å². The maximum atomic E-state index is 6.04. The number of aryl methyl sites for hydroxylation is 1. The summed E-state index contributed by atoms with van der Waals surface area (Å²) in [6, 6.07) is 1.69. The van der Waals surface area contributed by atoms with Gasteiger partial charge in [-0.05, 0) is 44.4 Å². The second-order valence-corrected chi connectivity index (χ2v) is 4.36. The Morgan fingerprint density at radius 1 is 1.57 bits per heavy atom. The Bertz CT molecular complexity index is 296. The van der Waals surface area contributed by atoms with E-state index in [9.17, 15) is 0 Å². The number of nitrogens with two attached hydrogens (primary N) is 1. The van der Waals surface area contributed by atoms with Crippen molar-refractivity contribution < 1.29 is 8.60 Å². The van der Waals surface area contributed by atoms with Crippen LogP contribution in [0.4, 0.5) is 0 Å². The van der Waals surface area contributed by atoms with E-state index in [0.717, 1.165) is 11.3 Å². The minimum absolute atomic E-state index is 0.247. The minimum Gasteiger partial charge on any atom is -0.467 e. The van der Waals surface area contributed by atoms with Gasteiger partial charge in [-0.2, -0.15) is 0 Å². The Balaban J connectivity index is 2.78. The van der Waals surface area contributed by atoms with E-state index in [-0.39, 0.29) is 6.04 Å². The van der Waals surface area contributed by atoms with E-state index in [1.165, 1.54) is 12.0 Å². The topological polar surface area (TPSA) is 48.4 Å². The highest BCUT2D eigenvalue weighted by Crippen LogP contribution is 2.30. The lowest BCUT2D eigenvalue weighted by Gasteiger charge is -2.28. The van der Waals surface area contributed by atoms with Crippen LogP contribution >= 0.6 is 12.0 Å². The molecule has 80 valence electrons. The molecule has 4 heteroatoms. The SMILES string of the molecule is CSOC(C)(C)[C@@H](N)c1cc(C)co1. The zero-order valence-corrected chi connectivity index (χ0v) is 9.85. The molecule has 0 amide bonds. The maximum absolute atomic E-state index is 6.04. The third kappa shape index (κ3) is 2.53. The summed E-state index contributed by atoms with van der Waals surface area (Å²) in [7, 11) is 0. The summed E-state index contributed by atoms with van der Waals surface area (Å²) in [5.41, 5.74) is 6.69. The molecule has 1 atom stereocenters. The summed E-state index contributed by atoms with van der Waals surface area (Å²) in [6.07, 6.45) is 3.58. The lowest BCUT2D eigenvalue weighted by molar-refractivity contribution is 0.0975. The van der Waals surface area contributed by atoms with Gasteiger partial charge in [0, 0.05) is 6.26 Å². The first-order valence-electron chi connectivity index (χ1n) is 4.50. The third-order valence-electron chi connectivity index (χ3n) is 2.10. The molecule has 1 heterocycles. The molecule has 0 aliphatic heterocycles. The second kappa shape index (κ2) is 4.38. The molecule has 1 aromatic heterocycles. The van der Waals surface area contributed by atoms with Gasteiger partial charge in [0.2, 0.25) is 0 Å². The molecule has 14 heavy (non-hydrogen) atoms. The van der Waals surface area contributed by atoms with Crippen molar-refractivity contribution in [3.8, 4) is 0 Å². The fourth-order valence-corrected chi connectivity index (χ4v) is 1.76. The molecule has 3 nitrogen and oxygen atoms in total. The van der Waals surface area contributed by atoms with Crippen molar-refractivity contribution in [2.45, 2.75) is 32.4 Å². The molecule has 0 unspecified atom stereocenters. The normalized spacial score (nSPS) is 14.4. The van der Waals surface area contributed by atoms with Crippen LogP contribution in [0.5, 0.6) is 0 Å². The van der Waals surface area contributed by atoms with E-state index in [1.54, 1.807) is 6.26 Å². The van der Waals surface area contributed by atoms with Crippen molar-refractivity contribution in [3.05, 3.63) is 23.7 Å². The molecule has 0 aromatic carbocycles. The molecule has 0 radical (unpaired) electrons. The highest BCUT2D eigenvalue weighted by atomic mass is 32.2. The lowest BCUT2D eigenvalue weighted by Crippen LogP contribution is -2.36. The van der Waals surface area contributed by atoms with Crippen LogP contribution in [-0.2, 0) is 4.18 Å². The average molecular weight is 215 g/mol. The largest absolute Gasteiger partial charge is 0.467 e. The molecule has 0 bridgehead atoms. The van der Waals surface area contributed by atoms with Crippen LogP contribution < -0.4 is 5.73 Å². The third-order valence-corrected chi connectivity index (χ3v) is 2.70. The first-order chi connectivity index (χ1) is 6.47. The van der Waals surface area contributed by atoms with Crippen molar-refractivity contribution in [2.75, 3.05) is 6.26 Å². The van der Waals surface area contributed by atoms with E-state index < -0.39 is 5.60 Å². The van der Waals surface area contributed by atoms with Gasteiger partial charge in [0.15, 0.2) is 0 Å². The molecule has 1 aromatic rings. The van der Waals surface area contributed by atoms with Crippen LogP contribution in [0.25, 0.3) is 0 Å². The quantitative estimate of drug-likeness (QED) is 0.784. The van der Waals surface area contributed by atoms with Gasteiger partial charge in [0.05, 0.1) is 17.9 Å². The standard InChI is InChI=1S/C10H17NO2S/c1-7-5-8(12-6-7)9(11)10(2,3)13-14-4/h5-6,9H,11H2,1-4H3/t9-/m0/s1. The molecular weight excluding hydrogens is 198 g/mol. The van der Waals surface area contributed by atoms with Gasteiger partial charge < -0.3 is 14.3 Å². The van der Waals surface area contributed by atoms with E-state index in [0.29, 0.717) is 0 Å². The lowest BCUT2D eigenvalue weighted by atomic mass is 9.97. The smallest absolute Gasteiger partial charge is 0.123 e. The summed E-state index contributed by atoms with van der Waals surface area (Å²) >= 11 is 1.32. The molecule has 0 aliphatic carbocycles. The summed E-state index contributed by atoms with van der Waals surface area (Å²) < 4.78 is 10.8. The number of furan rings is 1. The molecule has 0 saturated carbocycles. The fraction of sp³-hybridized carbons (Fsp3) is 0.600. The van der Waals surface area contributed by atoms with Crippen molar-refractivity contribution in [1.82, 2.24) is 0 Å². The molecule has 0 saturated heterocycles. The van der Waals surface area contributed by atoms with E-state index in [4.69, 9.17) is 14.3 Å². The average Bonchev–Trinajstić information content (AvgIpc) is 2.50. The van der Waals surface area contributed by atoms with E-state index in [2.05, 4.69) is 0 Å². The first-order valence-corrected chi connectivity index (χ1v) is 5.65. The monoisotopic (exact) mass is 215 g/mol. The molecule has 1 rings (SSSR count). The van der Waals surface area contributed by atoms with Crippen LogP contribution in [0.3, 0.4) is 0 Å². The Hall–Kier alpha value is -0.450. The summed E-state index contributed by atoms with van der Waals surface area (Å²) in [5.74, 6) is 0.765. The van der Waals surface area contributed by atoms with Crippen molar-refractivity contribution in [1.29, 1.82) is 0 Å². The minimum atomic E-state index is -0.427. The van der Waals surface area contributed by atoms with Gasteiger partial charge in [-0.25, -0.2) is 0 Å². The van der Waals surface area contributed by atoms with Crippen LogP contribution in [-0.4, -0.2) is 11.9 Å². The number of hydrogen-bond donors (Lipinski definition) is 1. The van der Waals surface area contributed by atoms with E-state index in [1.807, 2.05) is 33.1 Å². The Kier molecular flexibility index (Phi) is 3.64. The molecular formula is C10H17NO2S. The number of rotatable bonds is 4. The number of hydrogen-bond acceptors (Lipinski definition) is 4. The van der Waals surface area contributed by atoms with Gasteiger partial charge in [0.25, 0.3) is 0 Å². The Morgan fingerprint density at radius 2 is 2.21 bits per heavy atom.